The molecule has 3 N–H and O–H groups in total. The van der Waals surface area contributed by atoms with Crippen LogP contribution in [0.15, 0.2) is 34.1 Å². The van der Waals surface area contributed by atoms with Crippen molar-refractivity contribution in [2.24, 2.45) is 5.10 Å². The summed E-state index contributed by atoms with van der Waals surface area (Å²) < 4.78 is 1.56. The maximum atomic E-state index is 10.8. The van der Waals surface area contributed by atoms with Crippen molar-refractivity contribution >= 4 is 46.2 Å². The highest BCUT2D eigenvalue weighted by Gasteiger charge is 2.11. The Morgan fingerprint density at radius 1 is 1.55 bits per heavy atom. The van der Waals surface area contributed by atoms with Gasteiger partial charge in [-0.2, -0.15) is 5.10 Å². The van der Waals surface area contributed by atoms with Crippen LogP contribution >= 0.6 is 28.3 Å². The molecule has 2 aromatic rings. The average molecular weight is 363 g/mol. The number of nitro benzene ring substituents is 1. The third-order valence-electron chi connectivity index (χ3n) is 2.12. The number of hydrogen-bond donors (Lipinski definition) is 2. The largest absolute Gasteiger partial charge is 0.335 e. The summed E-state index contributed by atoms with van der Waals surface area (Å²) in [6.45, 7) is 0. The zero-order valence-electron chi connectivity index (χ0n) is 9.80. The van der Waals surface area contributed by atoms with Crippen molar-refractivity contribution in [1.82, 2.24) is 14.9 Å². The number of anilines is 1. The lowest BCUT2D eigenvalue weighted by Gasteiger charge is -1.99. The van der Waals surface area contributed by atoms with Crippen LogP contribution in [-0.2, 0) is 0 Å². The fourth-order valence-corrected chi connectivity index (χ4v) is 1.63. The minimum Gasteiger partial charge on any atom is -0.335 e. The molecule has 106 valence electrons. The smallest absolute Gasteiger partial charge is 0.284 e. The third kappa shape index (κ3) is 3.65. The summed E-state index contributed by atoms with van der Waals surface area (Å²) >= 11 is 3.10. The first-order valence-corrected chi connectivity index (χ1v) is 5.75. The van der Waals surface area contributed by atoms with Gasteiger partial charge in [0.25, 0.3) is 11.6 Å². The Morgan fingerprint density at radius 2 is 2.30 bits per heavy atom. The van der Waals surface area contributed by atoms with E-state index >= 15 is 0 Å². The van der Waals surface area contributed by atoms with Crippen LogP contribution in [0.3, 0.4) is 0 Å². The number of nitrogen functional groups attached to an aromatic ring is 1. The Bertz CT molecular complexity index is 645. The highest BCUT2D eigenvalue weighted by Crippen LogP contribution is 2.24. The van der Waals surface area contributed by atoms with Crippen LogP contribution in [0, 0.1) is 10.1 Å². The maximum absolute atomic E-state index is 10.8. The molecule has 0 unspecified atom stereocenters. The molecule has 2 rings (SSSR count). The average Bonchev–Trinajstić information content (AvgIpc) is 2.77. The van der Waals surface area contributed by atoms with Gasteiger partial charge in [-0.15, -0.1) is 22.6 Å². The van der Waals surface area contributed by atoms with Crippen LogP contribution in [0.2, 0.25) is 0 Å². The number of nitro groups is 1. The zero-order valence-corrected chi connectivity index (χ0v) is 12.2. The van der Waals surface area contributed by atoms with Crippen LogP contribution in [0.4, 0.5) is 11.6 Å². The van der Waals surface area contributed by atoms with Crippen molar-refractivity contribution in [3.8, 4) is 0 Å². The Labute approximate surface area is 127 Å². The first-order valence-electron chi connectivity index (χ1n) is 4.96. The number of aromatic nitrogens is 3. The van der Waals surface area contributed by atoms with E-state index in [0.29, 0.717) is 10.0 Å². The van der Waals surface area contributed by atoms with Crippen LogP contribution in [0.1, 0.15) is 5.56 Å². The molecule has 0 radical (unpaired) electrons. The minimum atomic E-state index is -0.481. The molecule has 0 amide bonds. The van der Waals surface area contributed by atoms with E-state index in [0.717, 1.165) is 4.68 Å². The molecular weight excluding hydrogens is 354 g/mol. The third-order valence-corrected chi connectivity index (χ3v) is 2.79. The van der Waals surface area contributed by atoms with E-state index in [4.69, 9.17) is 5.84 Å². The summed E-state index contributed by atoms with van der Waals surface area (Å²) in [5.74, 6) is 5.72. The van der Waals surface area contributed by atoms with Gasteiger partial charge in [0.15, 0.2) is 0 Å². The van der Waals surface area contributed by atoms with Crippen molar-refractivity contribution in [2.45, 2.75) is 0 Å². The standard InChI is InChI=1S/C9H8BrN7O2.ClH/c10-7-2-1-6(3-8(7)17(18)19)4-12-14-9-15-13-5-16(9)11;/h1-5H,11H2,(H,14,15);1H. The van der Waals surface area contributed by atoms with Gasteiger partial charge in [-0.25, -0.2) is 10.1 Å². The Hall–Kier alpha value is -2.20. The van der Waals surface area contributed by atoms with E-state index in [1.54, 1.807) is 12.1 Å². The molecule has 0 spiro atoms. The predicted octanol–water partition coefficient (Wildman–Crippen LogP) is 1.53. The van der Waals surface area contributed by atoms with E-state index in [2.05, 4.69) is 36.7 Å². The predicted molar refractivity (Wildman–Crippen MR) is 79.4 cm³/mol. The second-order valence-corrected chi connectivity index (χ2v) is 4.25. The molecule has 0 aliphatic heterocycles. The van der Waals surface area contributed by atoms with Crippen LogP contribution < -0.4 is 11.3 Å². The monoisotopic (exact) mass is 361 g/mol. The molecule has 9 nitrogen and oxygen atoms in total. The normalized spacial score (nSPS) is 10.2. The molecule has 0 aliphatic carbocycles. The molecule has 1 heterocycles. The molecule has 0 saturated carbocycles. The Morgan fingerprint density at radius 3 is 2.90 bits per heavy atom. The molecule has 11 heteroatoms. The minimum absolute atomic E-state index is 0. The zero-order chi connectivity index (χ0) is 13.8. The fourth-order valence-electron chi connectivity index (χ4n) is 1.24. The number of nitrogens with one attached hydrogen (secondary N) is 1. The number of benzene rings is 1. The van der Waals surface area contributed by atoms with Gasteiger partial charge in [0.05, 0.1) is 15.6 Å². The van der Waals surface area contributed by atoms with E-state index in [9.17, 15) is 10.1 Å². The second-order valence-electron chi connectivity index (χ2n) is 3.40. The highest BCUT2D eigenvalue weighted by atomic mass is 79.9. The van der Waals surface area contributed by atoms with Gasteiger partial charge >= 0.3 is 0 Å². The van der Waals surface area contributed by atoms with E-state index in [1.807, 2.05) is 0 Å². The molecule has 0 bridgehead atoms. The number of hydrogen-bond acceptors (Lipinski definition) is 7. The van der Waals surface area contributed by atoms with Crippen molar-refractivity contribution in [2.75, 3.05) is 11.3 Å². The van der Waals surface area contributed by atoms with Gasteiger partial charge in [-0.3, -0.25) is 10.1 Å². The van der Waals surface area contributed by atoms with Gasteiger partial charge in [0, 0.05) is 11.6 Å². The van der Waals surface area contributed by atoms with E-state index in [-0.39, 0.29) is 24.0 Å². The molecule has 20 heavy (non-hydrogen) atoms. The molecule has 0 saturated heterocycles. The Balaban J connectivity index is 0.00000200. The van der Waals surface area contributed by atoms with Crippen molar-refractivity contribution < 1.29 is 4.92 Å². The second kappa shape index (κ2) is 6.82. The van der Waals surface area contributed by atoms with Gasteiger partial charge < -0.3 is 5.84 Å². The van der Waals surface area contributed by atoms with Crippen molar-refractivity contribution in [3.05, 3.63) is 44.7 Å². The van der Waals surface area contributed by atoms with Gasteiger partial charge in [-0.1, -0.05) is 6.07 Å². The quantitative estimate of drug-likeness (QED) is 0.368. The number of nitrogens with two attached hydrogens (primary N) is 1. The lowest BCUT2D eigenvalue weighted by molar-refractivity contribution is -0.385. The summed E-state index contributed by atoms with van der Waals surface area (Å²) in [6, 6.07) is 4.64. The number of rotatable bonds is 4. The molecular formula is C9H9BrClN7O2. The summed E-state index contributed by atoms with van der Waals surface area (Å²) in [5, 5.41) is 21.8. The lowest BCUT2D eigenvalue weighted by Crippen LogP contribution is -2.10. The van der Waals surface area contributed by atoms with Crippen LogP contribution in [0.5, 0.6) is 0 Å². The number of halogens is 2. The fraction of sp³-hybridized carbons (Fsp3) is 0. The maximum Gasteiger partial charge on any atom is 0.284 e. The molecule has 1 aromatic heterocycles. The number of nitrogens with zero attached hydrogens (tertiary/aromatic N) is 5. The molecule has 0 aliphatic rings. The summed E-state index contributed by atoms with van der Waals surface area (Å²) in [6.07, 6.45) is 2.72. The van der Waals surface area contributed by atoms with E-state index in [1.165, 1.54) is 18.6 Å². The summed E-state index contributed by atoms with van der Waals surface area (Å²) in [4.78, 5) is 10.3. The summed E-state index contributed by atoms with van der Waals surface area (Å²) in [7, 11) is 0. The van der Waals surface area contributed by atoms with Gasteiger partial charge in [-0.05, 0) is 22.0 Å². The number of hydrazone groups is 1. The Kier molecular flexibility index (Phi) is 5.41. The van der Waals surface area contributed by atoms with Gasteiger partial charge in [0.2, 0.25) is 0 Å². The molecule has 0 atom stereocenters. The van der Waals surface area contributed by atoms with Crippen molar-refractivity contribution in [3.63, 3.8) is 0 Å². The van der Waals surface area contributed by atoms with E-state index < -0.39 is 4.92 Å². The van der Waals surface area contributed by atoms with Crippen LogP contribution in [0.25, 0.3) is 0 Å². The topological polar surface area (TPSA) is 124 Å². The lowest BCUT2D eigenvalue weighted by atomic mass is 10.2. The molecule has 0 fully saturated rings. The van der Waals surface area contributed by atoms with Gasteiger partial charge in [0.1, 0.15) is 6.33 Å². The van der Waals surface area contributed by atoms with Crippen LogP contribution in [-0.4, -0.2) is 26.0 Å². The highest BCUT2D eigenvalue weighted by molar-refractivity contribution is 9.10. The summed E-state index contributed by atoms with van der Waals surface area (Å²) in [5.41, 5.74) is 3.08. The SMILES string of the molecule is Cl.Nn1cnnc1NN=Cc1ccc(Br)c([N+](=O)[O-])c1. The van der Waals surface area contributed by atoms with Crippen molar-refractivity contribution in [1.29, 1.82) is 0 Å². The first kappa shape index (κ1) is 15.9. The molecule has 1 aromatic carbocycles. The first-order chi connectivity index (χ1) is 9.08.